The Morgan fingerprint density at radius 2 is 2.03 bits per heavy atom. The van der Waals surface area contributed by atoms with Crippen molar-refractivity contribution in [2.24, 2.45) is 0 Å². The fourth-order valence-corrected chi connectivity index (χ4v) is 4.10. The van der Waals surface area contributed by atoms with E-state index in [0.29, 0.717) is 30.2 Å². The standard InChI is InChI=1S/C25H27F2N7O/c1-16-10-18(7-8-29-16)31-23-13-30-24(11-17(23)12-28)33-25(35)32-19-4-3-9-34(14-19)15-20-21(26)5-2-6-22(20)27/h2,5-8,10-13,19,28H,3-4,9,14-15H2,1H3,(H,29,31)(H2,30,32,33,35). The summed E-state index contributed by atoms with van der Waals surface area (Å²) < 4.78 is 28.0. The first kappa shape index (κ1) is 24.2. The van der Waals surface area contributed by atoms with Gasteiger partial charge in [0.1, 0.15) is 17.5 Å². The first-order chi connectivity index (χ1) is 16.9. The third kappa shape index (κ3) is 6.36. The second-order valence-electron chi connectivity index (χ2n) is 8.48. The van der Waals surface area contributed by atoms with Crippen LogP contribution in [0.15, 0.2) is 48.8 Å². The Morgan fingerprint density at radius 1 is 1.23 bits per heavy atom. The van der Waals surface area contributed by atoms with Gasteiger partial charge in [0.15, 0.2) is 0 Å². The molecule has 1 aromatic carbocycles. The van der Waals surface area contributed by atoms with Crippen molar-refractivity contribution in [1.29, 1.82) is 5.41 Å². The van der Waals surface area contributed by atoms with Gasteiger partial charge in [-0.2, -0.15) is 0 Å². The lowest BCUT2D eigenvalue weighted by Gasteiger charge is -2.33. The minimum Gasteiger partial charge on any atom is -0.354 e. The fraction of sp³-hybridized carbons (Fsp3) is 0.280. The van der Waals surface area contributed by atoms with Crippen LogP contribution in [0.5, 0.6) is 0 Å². The van der Waals surface area contributed by atoms with E-state index in [4.69, 9.17) is 5.41 Å². The maximum absolute atomic E-state index is 14.0. The smallest absolute Gasteiger partial charge is 0.320 e. The summed E-state index contributed by atoms with van der Waals surface area (Å²) in [6.07, 6.45) is 5.98. The zero-order valence-corrected chi connectivity index (χ0v) is 19.3. The van der Waals surface area contributed by atoms with E-state index in [-0.39, 0.29) is 18.2 Å². The topological polar surface area (TPSA) is 106 Å². The summed E-state index contributed by atoms with van der Waals surface area (Å²) in [5.74, 6) is -0.829. The van der Waals surface area contributed by atoms with E-state index in [1.807, 2.05) is 24.0 Å². The number of pyridine rings is 2. The number of hydrogen-bond donors (Lipinski definition) is 4. The number of rotatable bonds is 7. The molecule has 182 valence electrons. The number of nitrogens with zero attached hydrogens (tertiary/aromatic N) is 3. The number of aryl methyl sites for hydroxylation is 1. The van der Waals surface area contributed by atoms with E-state index in [9.17, 15) is 13.6 Å². The number of piperidine rings is 1. The van der Waals surface area contributed by atoms with Gasteiger partial charge in [-0.1, -0.05) is 6.07 Å². The highest BCUT2D eigenvalue weighted by atomic mass is 19.1. The Morgan fingerprint density at radius 3 is 2.77 bits per heavy atom. The van der Waals surface area contributed by atoms with Gasteiger partial charge in [0.05, 0.1) is 11.9 Å². The third-order valence-corrected chi connectivity index (χ3v) is 5.79. The van der Waals surface area contributed by atoms with E-state index in [2.05, 4.69) is 25.9 Å². The molecule has 2 amide bonds. The monoisotopic (exact) mass is 479 g/mol. The van der Waals surface area contributed by atoms with E-state index < -0.39 is 17.7 Å². The molecule has 8 nitrogen and oxygen atoms in total. The van der Waals surface area contributed by atoms with Crippen molar-refractivity contribution < 1.29 is 13.6 Å². The lowest BCUT2D eigenvalue weighted by atomic mass is 10.0. The predicted octanol–water partition coefficient (Wildman–Crippen LogP) is 4.59. The number of carbonyl (C=O) groups excluding carboxylic acids is 1. The minimum absolute atomic E-state index is 0.0385. The van der Waals surface area contributed by atoms with Crippen LogP contribution in [-0.4, -0.2) is 46.2 Å². The highest BCUT2D eigenvalue weighted by molar-refractivity contribution is 5.92. The molecule has 4 rings (SSSR count). The summed E-state index contributed by atoms with van der Waals surface area (Å²) in [5.41, 5.74) is 2.89. The molecule has 1 atom stereocenters. The van der Waals surface area contributed by atoms with E-state index in [0.717, 1.165) is 24.2 Å². The molecule has 35 heavy (non-hydrogen) atoms. The van der Waals surface area contributed by atoms with Gasteiger partial charge in [-0.3, -0.25) is 15.2 Å². The summed E-state index contributed by atoms with van der Waals surface area (Å²) >= 11 is 0. The lowest BCUT2D eigenvalue weighted by Crippen LogP contribution is -2.48. The van der Waals surface area contributed by atoms with Crippen LogP contribution in [0, 0.1) is 24.0 Å². The van der Waals surface area contributed by atoms with Crippen molar-refractivity contribution in [2.75, 3.05) is 23.7 Å². The van der Waals surface area contributed by atoms with Crippen LogP contribution >= 0.6 is 0 Å². The van der Waals surface area contributed by atoms with Crippen molar-refractivity contribution in [3.63, 3.8) is 0 Å². The number of carbonyl (C=O) groups is 1. The number of urea groups is 1. The van der Waals surface area contributed by atoms with Crippen molar-refractivity contribution >= 4 is 29.4 Å². The second kappa shape index (κ2) is 11.0. The molecule has 4 N–H and O–H groups in total. The van der Waals surface area contributed by atoms with Crippen molar-refractivity contribution in [3.05, 3.63) is 77.2 Å². The quantitative estimate of drug-likeness (QED) is 0.371. The molecule has 0 bridgehead atoms. The normalized spacial score (nSPS) is 15.9. The molecular formula is C25H27F2N7O. The van der Waals surface area contributed by atoms with Crippen LogP contribution in [0.4, 0.5) is 30.8 Å². The molecule has 3 aromatic rings. The maximum atomic E-state index is 14.0. The molecular weight excluding hydrogens is 452 g/mol. The SMILES string of the molecule is Cc1cc(Nc2cnc(NC(=O)NC3CCCN(Cc4c(F)cccc4F)C3)cc2C=N)ccn1. The van der Waals surface area contributed by atoms with Gasteiger partial charge in [-0.05, 0) is 56.6 Å². The van der Waals surface area contributed by atoms with Gasteiger partial charge in [-0.25, -0.2) is 18.6 Å². The Labute approximate surface area is 202 Å². The first-order valence-corrected chi connectivity index (χ1v) is 11.3. The molecule has 1 aliphatic rings. The second-order valence-corrected chi connectivity index (χ2v) is 8.48. The molecule has 0 aliphatic carbocycles. The summed E-state index contributed by atoms with van der Waals surface area (Å²) in [4.78, 5) is 23.0. The van der Waals surface area contributed by atoms with Crippen molar-refractivity contribution in [2.45, 2.75) is 32.4 Å². The number of hydrogen-bond acceptors (Lipinski definition) is 6. The summed E-state index contributed by atoms with van der Waals surface area (Å²) in [6.45, 7) is 3.21. The predicted molar refractivity (Wildman–Crippen MR) is 131 cm³/mol. The summed E-state index contributed by atoms with van der Waals surface area (Å²) in [7, 11) is 0. The zero-order valence-electron chi connectivity index (χ0n) is 19.3. The first-order valence-electron chi connectivity index (χ1n) is 11.3. The molecule has 1 unspecified atom stereocenters. The minimum atomic E-state index is -0.567. The average molecular weight is 480 g/mol. The largest absolute Gasteiger partial charge is 0.354 e. The molecule has 1 saturated heterocycles. The molecule has 10 heteroatoms. The van der Waals surface area contributed by atoms with Crippen LogP contribution in [0.25, 0.3) is 0 Å². The third-order valence-electron chi connectivity index (χ3n) is 5.79. The number of aromatic nitrogens is 2. The Bertz CT molecular complexity index is 1200. The number of halogens is 2. The van der Waals surface area contributed by atoms with Gasteiger partial charge in [0.2, 0.25) is 0 Å². The number of nitrogens with one attached hydrogen (secondary N) is 4. The molecule has 0 radical (unpaired) electrons. The van der Waals surface area contributed by atoms with Crippen LogP contribution in [-0.2, 0) is 6.54 Å². The van der Waals surface area contributed by atoms with E-state index in [1.54, 1.807) is 18.5 Å². The van der Waals surface area contributed by atoms with Crippen molar-refractivity contribution in [3.8, 4) is 0 Å². The molecule has 2 aromatic heterocycles. The summed E-state index contributed by atoms with van der Waals surface area (Å²) in [6, 6.07) is 8.55. The maximum Gasteiger partial charge on any atom is 0.320 e. The van der Waals surface area contributed by atoms with Gasteiger partial charge in [-0.15, -0.1) is 0 Å². The summed E-state index contributed by atoms with van der Waals surface area (Å²) in [5, 5.41) is 16.5. The Hall–Kier alpha value is -3.92. The van der Waals surface area contributed by atoms with Crippen molar-refractivity contribution in [1.82, 2.24) is 20.2 Å². The molecule has 1 aliphatic heterocycles. The Kier molecular flexibility index (Phi) is 7.61. The number of anilines is 3. The van der Waals surface area contributed by atoms with E-state index in [1.165, 1.54) is 24.4 Å². The fourth-order valence-electron chi connectivity index (χ4n) is 4.10. The molecule has 0 spiro atoms. The van der Waals surface area contributed by atoms with Gasteiger partial charge in [0, 0.05) is 54.1 Å². The van der Waals surface area contributed by atoms with Gasteiger partial charge < -0.3 is 16.0 Å². The highest BCUT2D eigenvalue weighted by Crippen LogP contribution is 2.22. The number of amides is 2. The molecule has 1 fully saturated rings. The van der Waals surface area contributed by atoms with E-state index >= 15 is 0 Å². The molecule has 3 heterocycles. The van der Waals surface area contributed by atoms with Crippen LogP contribution < -0.4 is 16.0 Å². The van der Waals surface area contributed by atoms with Crippen LogP contribution in [0.2, 0.25) is 0 Å². The van der Waals surface area contributed by atoms with Gasteiger partial charge in [0.25, 0.3) is 0 Å². The molecule has 0 saturated carbocycles. The zero-order chi connectivity index (χ0) is 24.8. The Balaban J connectivity index is 1.35. The van der Waals surface area contributed by atoms with Crippen LogP contribution in [0.3, 0.4) is 0 Å². The van der Waals surface area contributed by atoms with Crippen LogP contribution in [0.1, 0.15) is 29.7 Å². The number of benzene rings is 1. The average Bonchev–Trinajstić information content (AvgIpc) is 2.83. The lowest BCUT2D eigenvalue weighted by molar-refractivity contribution is 0.180. The van der Waals surface area contributed by atoms with Gasteiger partial charge >= 0.3 is 6.03 Å². The number of likely N-dealkylation sites (tertiary alicyclic amines) is 1. The highest BCUT2D eigenvalue weighted by Gasteiger charge is 2.23.